The molecule has 6 aliphatic rings. The molecule has 0 spiro atoms. The fourth-order valence-corrected chi connectivity index (χ4v) is 12.7. The molecule has 4 N–H and O–H groups in total. The number of aliphatic hydroxyl groups excluding tert-OH is 1. The van der Waals surface area contributed by atoms with Crippen molar-refractivity contribution in [1.29, 1.82) is 0 Å². The lowest BCUT2D eigenvalue weighted by Crippen LogP contribution is -2.68. The van der Waals surface area contributed by atoms with Crippen molar-refractivity contribution >= 4 is 5.91 Å². The van der Waals surface area contributed by atoms with E-state index < -0.39 is 5.60 Å². The number of fused-ring (bicyclic) bond motifs is 5. The Morgan fingerprint density at radius 3 is 2.26 bits per heavy atom. The number of carbonyl (C=O) groups is 1. The second kappa shape index (κ2) is 10.2. The van der Waals surface area contributed by atoms with E-state index in [2.05, 4.69) is 52.2 Å². The number of rotatable bonds is 4. The van der Waals surface area contributed by atoms with Gasteiger partial charge in [0.15, 0.2) is 0 Å². The Bertz CT molecular complexity index is 1050. The van der Waals surface area contributed by atoms with Crippen LogP contribution in [0.3, 0.4) is 0 Å². The molecular formula is C36H62N2O4. The van der Waals surface area contributed by atoms with Crippen LogP contribution in [0.1, 0.15) is 126 Å². The van der Waals surface area contributed by atoms with E-state index in [1.165, 1.54) is 12.8 Å². The predicted octanol–water partition coefficient (Wildman–Crippen LogP) is 5.84. The lowest BCUT2D eigenvalue weighted by molar-refractivity contribution is -0.240. The molecule has 42 heavy (non-hydrogen) atoms. The third-order valence-electron chi connectivity index (χ3n) is 15.3. The summed E-state index contributed by atoms with van der Waals surface area (Å²) in [7, 11) is 0. The van der Waals surface area contributed by atoms with E-state index in [1.54, 1.807) is 0 Å². The molecule has 6 nitrogen and oxygen atoms in total. The molecule has 0 radical (unpaired) electrons. The van der Waals surface area contributed by atoms with Crippen LogP contribution in [-0.4, -0.2) is 58.7 Å². The Morgan fingerprint density at radius 2 is 1.62 bits per heavy atom. The van der Waals surface area contributed by atoms with Gasteiger partial charge in [0.1, 0.15) is 0 Å². The maximum atomic E-state index is 13.3. The highest BCUT2D eigenvalue weighted by molar-refractivity contribution is 5.79. The van der Waals surface area contributed by atoms with Crippen molar-refractivity contribution in [3.05, 3.63) is 0 Å². The molecule has 12 atom stereocenters. The van der Waals surface area contributed by atoms with E-state index in [-0.39, 0.29) is 63.3 Å². The Balaban J connectivity index is 1.24. The average Bonchev–Trinajstić information content (AvgIpc) is 3.51. The van der Waals surface area contributed by atoms with Gasteiger partial charge in [-0.25, -0.2) is 0 Å². The van der Waals surface area contributed by atoms with Gasteiger partial charge < -0.3 is 25.6 Å². The molecule has 6 heteroatoms. The molecule has 6 fully saturated rings. The van der Waals surface area contributed by atoms with Crippen molar-refractivity contribution in [2.45, 2.75) is 155 Å². The van der Waals surface area contributed by atoms with Crippen LogP contribution in [0.15, 0.2) is 0 Å². The molecule has 6 rings (SSSR count). The number of aliphatic hydroxyl groups is 2. The van der Waals surface area contributed by atoms with E-state index >= 15 is 0 Å². The van der Waals surface area contributed by atoms with Crippen LogP contribution < -0.4 is 10.6 Å². The van der Waals surface area contributed by atoms with Crippen molar-refractivity contribution in [1.82, 2.24) is 10.6 Å². The fraction of sp³-hybridized carbons (Fsp3) is 0.972. The molecule has 4 aliphatic carbocycles. The summed E-state index contributed by atoms with van der Waals surface area (Å²) in [5, 5.41) is 29.9. The molecule has 240 valence electrons. The van der Waals surface area contributed by atoms with Crippen LogP contribution >= 0.6 is 0 Å². The van der Waals surface area contributed by atoms with E-state index in [9.17, 15) is 15.0 Å². The number of nitrogens with one attached hydrogen (secondary N) is 2. The van der Waals surface area contributed by atoms with Crippen molar-refractivity contribution in [2.24, 2.45) is 51.2 Å². The Hall–Kier alpha value is -0.690. The second-order valence-electron chi connectivity index (χ2n) is 18.0. The molecule has 0 aromatic rings. The van der Waals surface area contributed by atoms with Gasteiger partial charge in [0.25, 0.3) is 0 Å². The van der Waals surface area contributed by atoms with Gasteiger partial charge >= 0.3 is 0 Å². The van der Waals surface area contributed by atoms with Gasteiger partial charge in [0, 0.05) is 12.6 Å². The standard InChI is InChI=1S/C36H62N2O4/c1-31(2)25-12-17-34(6)26(33(25,5)15-13-27(31)38-30(40)22-10-9-19-37-21-22)20-24(39)29-23(11-16-35(29,34)7)36(8)18-14-28(42-36)32(3,4)41/h22-29,37,39,41H,9-21H2,1-8H3,(H,38,40)/t22-,23-,24+,25-,26+,27-,28+,29-,33-,34+,35+,36-/m0/s1. The molecule has 0 unspecified atom stereocenters. The van der Waals surface area contributed by atoms with E-state index in [0.717, 1.165) is 70.9 Å². The normalized spacial score (nSPS) is 52.2. The minimum atomic E-state index is -0.840. The van der Waals surface area contributed by atoms with Crippen LogP contribution in [0.5, 0.6) is 0 Å². The predicted molar refractivity (Wildman–Crippen MR) is 167 cm³/mol. The summed E-state index contributed by atoms with van der Waals surface area (Å²) < 4.78 is 6.73. The maximum absolute atomic E-state index is 13.3. The molecule has 2 heterocycles. The topological polar surface area (TPSA) is 90.8 Å². The summed E-state index contributed by atoms with van der Waals surface area (Å²) in [5.41, 5.74) is -0.725. The lowest BCUT2D eigenvalue weighted by atomic mass is 9.35. The number of amides is 1. The molecular weight excluding hydrogens is 524 g/mol. The largest absolute Gasteiger partial charge is 0.393 e. The SMILES string of the molecule is CC(C)(O)[C@H]1CC[C@@](C)([C@H]2CC[C@]3(C)[C@@H]2[C@H](O)C[C@@H]2[C@@]4(C)CC[C@H](NC(=O)[C@H]5CCCNC5)C(C)(C)[C@@H]4CC[C@]23C)O1. The van der Waals surface area contributed by atoms with Crippen LogP contribution in [0.2, 0.25) is 0 Å². The van der Waals surface area contributed by atoms with Crippen molar-refractivity contribution in [3.63, 3.8) is 0 Å². The fourth-order valence-electron chi connectivity index (χ4n) is 12.7. The number of ether oxygens (including phenoxy) is 1. The van der Waals surface area contributed by atoms with E-state index in [4.69, 9.17) is 4.74 Å². The molecule has 0 aromatic carbocycles. The van der Waals surface area contributed by atoms with E-state index in [1.807, 2.05) is 13.8 Å². The van der Waals surface area contributed by atoms with Gasteiger partial charge in [0.05, 0.1) is 29.3 Å². The number of hydrogen-bond donors (Lipinski definition) is 4. The maximum Gasteiger partial charge on any atom is 0.224 e. The first-order chi connectivity index (χ1) is 19.5. The Labute approximate surface area is 255 Å². The highest BCUT2D eigenvalue weighted by Gasteiger charge is 2.72. The highest BCUT2D eigenvalue weighted by Crippen LogP contribution is 2.76. The molecule has 2 saturated heterocycles. The third-order valence-corrected chi connectivity index (χ3v) is 15.3. The number of hydrogen-bond acceptors (Lipinski definition) is 5. The molecule has 2 aliphatic heterocycles. The summed E-state index contributed by atoms with van der Waals surface area (Å²) in [6, 6.07) is 0.213. The van der Waals surface area contributed by atoms with Gasteiger partial charge in [-0.05, 0) is 143 Å². The first kappa shape index (κ1) is 31.3. The zero-order chi connectivity index (χ0) is 30.5. The molecule has 4 saturated carbocycles. The Morgan fingerprint density at radius 1 is 0.905 bits per heavy atom. The highest BCUT2D eigenvalue weighted by atomic mass is 16.5. The smallest absolute Gasteiger partial charge is 0.224 e. The third kappa shape index (κ3) is 4.49. The van der Waals surface area contributed by atoms with Crippen LogP contribution in [0, 0.1) is 51.2 Å². The molecule has 1 amide bonds. The lowest BCUT2D eigenvalue weighted by Gasteiger charge is -2.71. The summed E-state index contributed by atoms with van der Waals surface area (Å²) in [5.74, 6) is 1.90. The van der Waals surface area contributed by atoms with Crippen molar-refractivity contribution in [2.75, 3.05) is 13.1 Å². The monoisotopic (exact) mass is 586 g/mol. The van der Waals surface area contributed by atoms with Gasteiger partial charge in [-0.1, -0.05) is 34.6 Å². The van der Waals surface area contributed by atoms with Crippen molar-refractivity contribution in [3.8, 4) is 0 Å². The van der Waals surface area contributed by atoms with Crippen molar-refractivity contribution < 1.29 is 19.7 Å². The van der Waals surface area contributed by atoms with Gasteiger partial charge in [0.2, 0.25) is 5.91 Å². The van der Waals surface area contributed by atoms with E-state index in [0.29, 0.717) is 17.8 Å². The average molecular weight is 587 g/mol. The van der Waals surface area contributed by atoms with Crippen LogP contribution in [0.4, 0.5) is 0 Å². The first-order valence-electron chi connectivity index (χ1n) is 17.6. The first-order valence-corrected chi connectivity index (χ1v) is 17.6. The van der Waals surface area contributed by atoms with Crippen LogP contribution in [-0.2, 0) is 9.53 Å². The zero-order valence-electron chi connectivity index (χ0n) is 28.0. The van der Waals surface area contributed by atoms with Gasteiger partial charge in [-0.15, -0.1) is 0 Å². The minimum absolute atomic E-state index is 0.0181. The molecule has 0 bridgehead atoms. The van der Waals surface area contributed by atoms with Crippen LogP contribution in [0.25, 0.3) is 0 Å². The summed E-state index contributed by atoms with van der Waals surface area (Å²) >= 11 is 0. The molecule has 0 aromatic heterocycles. The van der Waals surface area contributed by atoms with Gasteiger partial charge in [-0.2, -0.15) is 0 Å². The number of carbonyl (C=O) groups excluding carboxylic acids is 1. The van der Waals surface area contributed by atoms with Gasteiger partial charge in [-0.3, -0.25) is 4.79 Å². The summed E-state index contributed by atoms with van der Waals surface area (Å²) in [4.78, 5) is 13.3. The summed E-state index contributed by atoms with van der Waals surface area (Å²) in [6.07, 6.45) is 11.2. The Kier molecular flexibility index (Phi) is 7.57. The number of piperidine rings is 1. The second-order valence-corrected chi connectivity index (χ2v) is 18.0. The minimum Gasteiger partial charge on any atom is -0.393 e. The zero-order valence-corrected chi connectivity index (χ0v) is 28.0. The quantitative estimate of drug-likeness (QED) is 0.333. The summed E-state index contributed by atoms with van der Waals surface area (Å²) in [6.45, 7) is 20.4.